The highest BCUT2D eigenvalue weighted by atomic mass is 32.2. The molecule has 1 aliphatic carbocycles. The lowest BCUT2D eigenvalue weighted by Crippen LogP contribution is -2.09. The fourth-order valence-corrected chi connectivity index (χ4v) is 5.22. The molecule has 0 unspecified atom stereocenters. The van der Waals surface area contributed by atoms with Crippen molar-refractivity contribution in [3.8, 4) is 0 Å². The number of hydrogen-bond acceptors (Lipinski definition) is 2. The van der Waals surface area contributed by atoms with Gasteiger partial charge >= 0.3 is 0 Å². The summed E-state index contributed by atoms with van der Waals surface area (Å²) in [4.78, 5) is 0. The van der Waals surface area contributed by atoms with E-state index >= 15 is 0 Å². The van der Waals surface area contributed by atoms with Gasteiger partial charge in [-0.2, -0.15) is 0 Å². The summed E-state index contributed by atoms with van der Waals surface area (Å²) in [6, 6.07) is 35.2. The molecule has 0 bridgehead atoms. The SMILES string of the molecule is CS(=O)(=O)Nc1cccc(C(=C2c3ccccc3CCc3ccccc32)c2ccccc2)c1. The monoisotopic (exact) mass is 451 g/mol. The van der Waals surface area contributed by atoms with Crippen LogP contribution >= 0.6 is 0 Å². The first-order valence-corrected chi connectivity index (χ1v) is 12.9. The van der Waals surface area contributed by atoms with Gasteiger partial charge in [0.15, 0.2) is 0 Å². The van der Waals surface area contributed by atoms with Gasteiger partial charge in [-0.1, -0.05) is 91.0 Å². The Hall–Kier alpha value is -3.63. The van der Waals surface area contributed by atoms with Crippen LogP contribution in [0.15, 0.2) is 103 Å². The van der Waals surface area contributed by atoms with E-state index in [4.69, 9.17) is 0 Å². The molecular weight excluding hydrogens is 426 g/mol. The summed E-state index contributed by atoms with van der Waals surface area (Å²) in [6.45, 7) is 0. The smallest absolute Gasteiger partial charge is 0.229 e. The fraction of sp³-hybridized carbons (Fsp3) is 0.103. The van der Waals surface area contributed by atoms with Crippen molar-refractivity contribution < 1.29 is 8.42 Å². The molecule has 4 heteroatoms. The van der Waals surface area contributed by atoms with Crippen molar-refractivity contribution in [3.63, 3.8) is 0 Å². The number of fused-ring (bicyclic) bond motifs is 2. The Balaban J connectivity index is 1.87. The molecule has 0 aliphatic heterocycles. The third-order valence-corrected chi connectivity index (χ3v) is 6.61. The number of hydrogen-bond donors (Lipinski definition) is 1. The Morgan fingerprint density at radius 2 is 1.21 bits per heavy atom. The van der Waals surface area contributed by atoms with Crippen LogP contribution in [-0.4, -0.2) is 14.7 Å². The number of benzene rings is 4. The molecule has 5 rings (SSSR count). The zero-order valence-electron chi connectivity index (χ0n) is 18.5. The van der Waals surface area contributed by atoms with Crippen LogP contribution in [0.2, 0.25) is 0 Å². The van der Waals surface area contributed by atoms with E-state index in [-0.39, 0.29) is 0 Å². The summed E-state index contributed by atoms with van der Waals surface area (Å²) < 4.78 is 26.4. The summed E-state index contributed by atoms with van der Waals surface area (Å²) in [5, 5.41) is 0. The van der Waals surface area contributed by atoms with Crippen molar-refractivity contribution in [1.29, 1.82) is 0 Å². The van der Waals surface area contributed by atoms with Gasteiger partial charge in [-0.25, -0.2) is 8.42 Å². The highest BCUT2D eigenvalue weighted by Crippen LogP contribution is 2.41. The average Bonchev–Trinajstić information content (AvgIpc) is 2.97. The first-order valence-electron chi connectivity index (χ1n) is 11.0. The summed E-state index contributed by atoms with van der Waals surface area (Å²) in [7, 11) is -3.38. The van der Waals surface area contributed by atoms with Crippen LogP contribution in [0.5, 0.6) is 0 Å². The fourth-order valence-electron chi connectivity index (χ4n) is 4.66. The van der Waals surface area contributed by atoms with E-state index in [1.807, 2.05) is 30.3 Å². The van der Waals surface area contributed by atoms with E-state index in [0.717, 1.165) is 29.5 Å². The minimum atomic E-state index is -3.38. The van der Waals surface area contributed by atoms with Crippen molar-refractivity contribution in [3.05, 3.63) is 137 Å². The lowest BCUT2D eigenvalue weighted by molar-refractivity contribution is 0.607. The van der Waals surface area contributed by atoms with Crippen LogP contribution in [0.3, 0.4) is 0 Å². The Morgan fingerprint density at radius 3 is 1.82 bits per heavy atom. The summed E-state index contributed by atoms with van der Waals surface area (Å²) in [5.41, 5.74) is 9.98. The number of anilines is 1. The molecule has 0 saturated heterocycles. The maximum Gasteiger partial charge on any atom is 0.229 e. The predicted octanol–water partition coefficient (Wildman–Crippen LogP) is 6.16. The molecule has 1 aliphatic rings. The Labute approximate surface area is 195 Å². The Bertz CT molecular complexity index is 1400. The van der Waals surface area contributed by atoms with Gasteiger partial charge in [0.1, 0.15) is 0 Å². The minimum Gasteiger partial charge on any atom is -0.284 e. The zero-order chi connectivity index (χ0) is 22.8. The number of sulfonamides is 1. The summed E-state index contributed by atoms with van der Waals surface area (Å²) in [5.74, 6) is 0. The number of nitrogens with one attached hydrogen (secondary N) is 1. The molecule has 1 N–H and O–H groups in total. The third kappa shape index (κ3) is 4.48. The molecule has 0 fully saturated rings. The predicted molar refractivity (Wildman–Crippen MR) is 137 cm³/mol. The first kappa shape index (κ1) is 21.2. The second kappa shape index (κ2) is 8.72. The molecular formula is C29H25NO2S. The van der Waals surface area contributed by atoms with Gasteiger partial charge in [0.25, 0.3) is 0 Å². The molecule has 33 heavy (non-hydrogen) atoms. The molecule has 0 atom stereocenters. The molecule has 0 heterocycles. The minimum absolute atomic E-state index is 0.555. The lowest BCUT2D eigenvalue weighted by atomic mass is 9.84. The summed E-state index contributed by atoms with van der Waals surface area (Å²) in [6.07, 6.45) is 3.14. The van der Waals surface area contributed by atoms with E-state index in [9.17, 15) is 8.42 Å². The topological polar surface area (TPSA) is 46.2 Å². The van der Waals surface area contributed by atoms with Crippen molar-refractivity contribution in [1.82, 2.24) is 0 Å². The zero-order valence-corrected chi connectivity index (χ0v) is 19.3. The van der Waals surface area contributed by atoms with Crippen molar-refractivity contribution in [2.24, 2.45) is 0 Å². The van der Waals surface area contributed by atoms with Crippen LogP contribution in [0.1, 0.15) is 33.4 Å². The normalized spacial score (nSPS) is 12.9. The number of aryl methyl sites for hydroxylation is 2. The Morgan fingerprint density at radius 1 is 0.667 bits per heavy atom. The van der Waals surface area contributed by atoms with Gasteiger partial charge in [0.2, 0.25) is 10.0 Å². The van der Waals surface area contributed by atoms with Crippen molar-refractivity contribution >= 4 is 26.9 Å². The van der Waals surface area contributed by atoms with Crippen molar-refractivity contribution in [2.45, 2.75) is 12.8 Å². The third-order valence-electron chi connectivity index (χ3n) is 6.00. The molecule has 4 aromatic carbocycles. The largest absolute Gasteiger partial charge is 0.284 e. The summed E-state index contributed by atoms with van der Waals surface area (Å²) >= 11 is 0. The van der Waals surface area contributed by atoms with Crippen LogP contribution in [0.4, 0.5) is 5.69 Å². The van der Waals surface area contributed by atoms with Gasteiger partial charge in [0.05, 0.1) is 6.26 Å². The molecule has 0 spiro atoms. The molecule has 0 amide bonds. The van der Waals surface area contributed by atoms with Crippen LogP contribution in [0, 0.1) is 0 Å². The lowest BCUT2D eigenvalue weighted by Gasteiger charge is -2.20. The van der Waals surface area contributed by atoms with Crippen LogP contribution in [0.25, 0.3) is 11.1 Å². The highest BCUT2D eigenvalue weighted by molar-refractivity contribution is 7.92. The van der Waals surface area contributed by atoms with E-state index < -0.39 is 10.0 Å². The van der Waals surface area contributed by atoms with Crippen molar-refractivity contribution in [2.75, 3.05) is 11.0 Å². The molecule has 164 valence electrons. The quantitative estimate of drug-likeness (QED) is 0.404. The Kier molecular flexibility index (Phi) is 5.61. The molecule has 0 saturated carbocycles. The second-order valence-corrected chi connectivity index (χ2v) is 10.1. The maximum absolute atomic E-state index is 11.9. The standard InChI is InChI=1S/C29H25NO2S/c1-33(31,32)30-25-15-9-14-24(20-25)28(23-12-3-2-4-13-23)29-26-16-7-5-10-21(26)18-19-22-11-6-8-17-27(22)29/h2-17,20,30H,18-19H2,1H3. The highest BCUT2D eigenvalue weighted by Gasteiger charge is 2.23. The molecule has 3 nitrogen and oxygen atoms in total. The van der Waals surface area contributed by atoms with Gasteiger partial charge < -0.3 is 0 Å². The second-order valence-electron chi connectivity index (χ2n) is 8.39. The van der Waals surface area contributed by atoms with Gasteiger partial charge in [-0.05, 0) is 69.5 Å². The molecule has 0 radical (unpaired) electrons. The van der Waals surface area contributed by atoms with E-state index in [2.05, 4.69) is 71.5 Å². The molecule has 0 aromatic heterocycles. The van der Waals surface area contributed by atoms with Crippen LogP contribution in [-0.2, 0) is 22.9 Å². The average molecular weight is 452 g/mol. The first-order chi connectivity index (χ1) is 16.0. The number of rotatable bonds is 4. The van der Waals surface area contributed by atoms with Gasteiger partial charge in [-0.15, -0.1) is 0 Å². The van der Waals surface area contributed by atoms with E-state index in [0.29, 0.717) is 5.69 Å². The van der Waals surface area contributed by atoms with Gasteiger partial charge in [0, 0.05) is 5.69 Å². The molecule has 4 aromatic rings. The van der Waals surface area contributed by atoms with Gasteiger partial charge in [-0.3, -0.25) is 4.72 Å². The maximum atomic E-state index is 11.9. The van der Waals surface area contributed by atoms with Crippen LogP contribution < -0.4 is 4.72 Å². The van der Waals surface area contributed by atoms with E-state index in [1.54, 1.807) is 6.07 Å². The van der Waals surface area contributed by atoms with E-state index in [1.165, 1.54) is 34.1 Å².